The van der Waals surface area contributed by atoms with Crippen LogP contribution >= 0.6 is 0 Å². The zero-order valence-corrected chi connectivity index (χ0v) is 24.2. The summed E-state index contributed by atoms with van der Waals surface area (Å²) in [5.74, 6) is -2.31. The summed E-state index contributed by atoms with van der Waals surface area (Å²) in [6.45, 7) is 3.52. The minimum Gasteiger partial charge on any atom is -0.472 e. The van der Waals surface area contributed by atoms with Crippen LogP contribution in [-0.4, -0.2) is 83.0 Å². The average molecular weight is 624 g/mol. The van der Waals surface area contributed by atoms with Crippen molar-refractivity contribution in [1.29, 1.82) is 0 Å². The molecule has 3 aromatic rings. The third-order valence-electron chi connectivity index (χ3n) is 9.34. The maximum Gasteiger partial charge on any atom is 0.417 e. The Kier molecular flexibility index (Phi) is 6.77. The lowest BCUT2D eigenvalue weighted by Crippen LogP contribution is -2.62. The first kappa shape index (κ1) is 29.1. The van der Waals surface area contributed by atoms with Crippen LogP contribution < -0.4 is 25.4 Å². The summed E-state index contributed by atoms with van der Waals surface area (Å²) in [6.07, 6.45) is -4.59. The van der Waals surface area contributed by atoms with Crippen LogP contribution in [-0.2, 0) is 6.18 Å². The fourth-order valence-corrected chi connectivity index (χ4v) is 7.28. The number of anilines is 2. The summed E-state index contributed by atoms with van der Waals surface area (Å²) < 4.78 is 100. The molecule has 3 saturated heterocycles. The van der Waals surface area contributed by atoms with Gasteiger partial charge in [0, 0.05) is 36.8 Å². The second-order valence-corrected chi connectivity index (χ2v) is 12.2. The van der Waals surface area contributed by atoms with E-state index in [1.165, 1.54) is 0 Å². The van der Waals surface area contributed by atoms with Gasteiger partial charge in [-0.3, -0.25) is 4.90 Å². The quantitative estimate of drug-likeness (QED) is 0.324. The predicted molar refractivity (Wildman–Crippen MR) is 149 cm³/mol. The first-order valence-corrected chi connectivity index (χ1v) is 14.6. The third kappa shape index (κ3) is 4.57. The van der Waals surface area contributed by atoms with E-state index in [4.69, 9.17) is 15.2 Å². The molecule has 7 rings (SSSR count). The molecule has 0 aliphatic carbocycles. The summed E-state index contributed by atoms with van der Waals surface area (Å²) in [5, 5.41) is 3.67. The molecule has 4 aliphatic heterocycles. The number of likely N-dealkylation sites (N-methyl/N-ethyl adjacent to an activating group) is 1. The number of hydrogen-bond donors (Lipinski definition) is 2. The standard InChI is InChI=1S/C29H31F6N7O2/c1-11-20(29(33,34)35)16(7-17(36)21(11)31)23-22(32)24-19-26(40-28(39-24)43-10-15-6-13(30)8-41(15)3)42-9-14-4-5-18(37-14)25(42)12(2)44-27(19)38-23/h7,12-15,18,25,37H,4-6,8-10,36H2,1-3H3/t12-,13+,14+,15-,18-,25+/m0/s1. The minimum absolute atomic E-state index is 0.0155. The summed E-state index contributed by atoms with van der Waals surface area (Å²) in [6, 6.07) is 0.136. The average Bonchev–Trinajstić information content (AvgIpc) is 3.46. The number of likely N-dealkylation sites (tertiary alicyclic amines) is 1. The highest BCUT2D eigenvalue weighted by Gasteiger charge is 2.47. The SMILES string of the molecule is Cc1c(F)c(N)cc(-c2nc3c4c(nc(OC[C@@H]5C[C@@H](F)CN5C)nc4c2F)N2C[C@H]4CC[C@H](N4)[C@H]2[C@H](C)O3)c1C(F)(F)F. The summed E-state index contributed by atoms with van der Waals surface area (Å²) in [7, 11) is 1.77. The first-order chi connectivity index (χ1) is 20.8. The molecule has 236 valence electrons. The molecular weight excluding hydrogens is 592 g/mol. The van der Waals surface area contributed by atoms with Crippen molar-refractivity contribution in [3.8, 4) is 23.1 Å². The second-order valence-electron chi connectivity index (χ2n) is 12.2. The van der Waals surface area contributed by atoms with Crippen molar-refractivity contribution in [3.05, 3.63) is 28.8 Å². The topological polar surface area (TPSA) is 102 Å². The molecule has 6 heterocycles. The molecule has 0 amide bonds. The molecule has 15 heteroatoms. The number of rotatable bonds is 4. The lowest BCUT2D eigenvalue weighted by Gasteiger charge is -2.42. The van der Waals surface area contributed by atoms with Gasteiger partial charge in [0.2, 0.25) is 5.88 Å². The van der Waals surface area contributed by atoms with Gasteiger partial charge in [0.05, 0.1) is 17.3 Å². The molecule has 1 aromatic carbocycles. The minimum atomic E-state index is -5.06. The number of fused-ring (bicyclic) bond motifs is 5. The number of nitrogens with two attached hydrogens (primary N) is 1. The number of benzene rings is 1. The summed E-state index contributed by atoms with van der Waals surface area (Å²) in [4.78, 5) is 17.1. The van der Waals surface area contributed by atoms with Gasteiger partial charge in [-0.2, -0.15) is 23.1 Å². The van der Waals surface area contributed by atoms with Gasteiger partial charge >= 0.3 is 12.2 Å². The van der Waals surface area contributed by atoms with E-state index in [1.807, 2.05) is 11.8 Å². The van der Waals surface area contributed by atoms with Crippen LogP contribution in [0.2, 0.25) is 0 Å². The molecule has 0 spiro atoms. The monoisotopic (exact) mass is 623 g/mol. The molecule has 44 heavy (non-hydrogen) atoms. The number of hydrogen-bond acceptors (Lipinski definition) is 9. The number of nitrogens with zero attached hydrogens (tertiary/aromatic N) is 5. The zero-order valence-electron chi connectivity index (χ0n) is 24.2. The van der Waals surface area contributed by atoms with E-state index >= 15 is 4.39 Å². The Hall–Kier alpha value is -3.59. The number of pyridine rings is 1. The molecule has 0 radical (unpaired) electrons. The van der Waals surface area contributed by atoms with Crippen LogP contribution in [0.4, 0.5) is 37.8 Å². The van der Waals surface area contributed by atoms with E-state index in [1.54, 1.807) is 11.9 Å². The van der Waals surface area contributed by atoms with Gasteiger partial charge in [0.25, 0.3) is 0 Å². The third-order valence-corrected chi connectivity index (χ3v) is 9.34. The van der Waals surface area contributed by atoms with Crippen molar-refractivity contribution < 1.29 is 35.8 Å². The number of nitrogen functional groups attached to an aromatic ring is 1. The molecule has 4 aliphatic rings. The zero-order chi connectivity index (χ0) is 31.2. The molecule has 2 bridgehead atoms. The van der Waals surface area contributed by atoms with Gasteiger partial charge in [-0.25, -0.2) is 18.2 Å². The Balaban J connectivity index is 1.44. The smallest absolute Gasteiger partial charge is 0.417 e. The van der Waals surface area contributed by atoms with Crippen LogP contribution in [0.25, 0.3) is 22.2 Å². The second kappa shape index (κ2) is 10.2. The Labute approximate surface area is 248 Å². The molecule has 3 fully saturated rings. The van der Waals surface area contributed by atoms with E-state index in [0.717, 1.165) is 25.8 Å². The maximum atomic E-state index is 16.6. The fraction of sp³-hybridized carbons (Fsp3) is 0.552. The van der Waals surface area contributed by atoms with Crippen LogP contribution in [0.3, 0.4) is 0 Å². The summed E-state index contributed by atoms with van der Waals surface area (Å²) >= 11 is 0. The lowest BCUT2D eigenvalue weighted by molar-refractivity contribution is -0.137. The number of ether oxygens (including phenoxy) is 2. The maximum absolute atomic E-state index is 16.6. The highest BCUT2D eigenvalue weighted by atomic mass is 19.4. The van der Waals surface area contributed by atoms with Crippen LogP contribution in [0.5, 0.6) is 11.9 Å². The van der Waals surface area contributed by atoms with Crippen LogP contribution in [0.15, 0.2) is 6.07 Å². The van der Waals surface area contributed by atoms with Crippen LogP contribution in [0, 0.1) is 18.6 Å². The van der Waals surface area contributed by atoms with Crippen molar-refractivity contribution in [1.82, 2.24) is 25.2 Å². The van der Waals surface area contributed by atoms with E-state index in [9.17, 15) is 22.0 Å². The van der Waals surface area contributed by atoms with Crippen molar-refractivity contribution in [3.63, 3.8) is 0 Å². The number of halogens is 6. The number of alkyl halides is 4. The van der Waals surface area contributed by atoms with Gasteiger partial charge in [-0.05, 0) is 51.8 Å². The molecule has 6 atom stereocenters. The Morgan fingerprint density at radius 3 is 2.61 bits per heavy atom. The first-order valence-electron chi connectivity index (χ1n) is 14.6. The normalized spacial score (nSPS) is 28.2. The number of piperazine rings is 1. The number of nitrogens with one attached hydrogen (secondary N) is 1. The Morgan fingerprint density at radius 2 is 1.91 bits per heavy atom. The molecular formula is C29H31F6N7O2. The van der Waals surface area contributed by atoms with Crippen molar-refractivity contribution in [2.45, 2.75) is 75.7 Å². The Bertz CT molecular complexity index is 1660. The Morgan fingerprint density at radius 1 is 1.14 bits per heavy atom. The predicted octanol–water partition coefficient (Wildman–Crippen LogP) is 4.39. The van der Waals surface area contributed by atoms with Crippen molar-refractivity contribution >= 4 is 22.4 Å². The van der Waals surface area contributed by atoms with E-state index < -0.39 is 58.2 Å². The molecule has 9 nitrogen and oxygen atoms in total. The van der Waals surface area contributed by atoms with Crippen molar-refractivity contribution in [2.75, 3.05) is 37.4 Å². The van der Waals surface area contributed by atoms with Crippen molar-refractivity contribution in [2.24, 2.45) is 0 Å². The van der Waals surface area contributed by atoms with Gasteiger partial charge in [0.15, 0.2) is 5.82 Å². The lowest BCUT2D eigenvalue weighted by atomic mass is 9.96. The number of aromatic nitrogens is 3. The molecule has 2 aromatic heterocycles. The molecule has 3 N–H and O–H groups in total. The van der Waals surface area contributed by atoms with E-state index in [0.29, 0.717) is 12.4 Å². The van der Waals surface area contributed by atoms with E-state index in [-0.39, 0.29) is 66.5 Å². The highest BCUT2D eigenvalue weighted by molar-refractivity contribution is 5.97. The molecule has 0 saturated carbocycles. The highest BCUT2D eigenvalue weighted by Crippen LogP contribution is 2.47. The van der Waals surface area contributed by atoms with Gasteiger partial charge in [0.1, 0.15) is 47.1 Å². The largest absolute Gasteiger partial charge is 0.472 e. The van der Waals surface area contributed by atoms with Crippen LogP contribution in [0.1, 0.15) is 37.3 Å². The molecule has 0 unspecified atom stereocenters. The fourth-order valence-electron chi connectivity index (χ4n) is 7.28. The summed E-state index contributed by atoms with van der Waals surface area (Å²) in [5.41, 5.74) is 1.10. The van der Waals surface area contributed by atoms with Gasteiger partial charge in [-0.1, -0.05) is 0 Å². The van der Waals surface area contributed by atoms with Gasteiger partial charge < -0.3 is 25.4 Å². The van der Waals surface area contributed by atoms with Gasteiger partial charge in [-0.15, -0.1) is 0 Å². The van der Waals surface area contributed by atoms with E-state index in [2.05, 4.69) is 20.3 Å².